The van der Waals surface area contributed by atoms with Crippen LogP contribution in [0.4, 0.5) is 8.78 Å². The van der Waals surface area contributed by atoms with Gasteiger partial charge in [-0.2, -0.15) is 0 Å². The van der Waals surface area contributed by atoms with Crippen LogP contribution in [0.2, 0.25) is 0 Å². The van der Waals surface area contributed by atoms with E-state index in [-0.39, 0.29) is 6.10 Å². The van der Waals surface area contributed by atoms with E-state index in [0.29, 0.717) is 12.1 Å². The van der Waals surface area contributed by atoms with Crippen molar-refractivity contribution in [3.63, 3.8) is 0 Å². The molecule has 1 aliphatic heterocycles. The molecule has 1 saturated heterocycles. The molecular formula is C13H18F2N2O. The topological polar surface area (TPSA) is 38.5 Å². The molecule has 0 saturated carbocycles. The normalized spacial score (nSPS) is 22.3. The Hall–Kier alpha value is -1.04. The third-order valence-corrected chi connectivity index (χ3v) is 3.38. The maximum atomic E-state index is 13.6. The van der Waals surface area contributed by atoms with E-state index >= 15 is 0 Å². The van der Waals surface area contributed by atoms with E-state index in [9.17, 15) is 8.78 Å². The standard InChI is InChI=1S/C13H18F2N2O/c1-18-10-4-5-17(7-10)8-13(16)11-3-2-9(14)6-12(11)15/h2-3,6,10,13H,4-5,7-8,16H2,1H3. The number of nitrogens with two attached hydrogens (primary N) is 1. The van der Waals surface area contributed by atoms with Crippen molar-refractivity contribution in [3.8, 4) is 0 Å². The van der Waals surface area contributed by atoms with E-state index in [1.165, 1.54) is 12.1 Å². The first-order valence-corrected chi connectivity index (χ1v) is 6.06. The van der Waals surface area contributed by atoms with Gasteiger partial charge in [0.2, 0.25) is 0 Å². The molecule has 1 aromatic carbocycles. The van der Waals surface area contributed by atoms with E-state index in [4.69, 9.17) is 10.5 Å². The first-order valence-electron chi connectivity index (χ1n) is 6.06. The molecule has 2 atom stereocenters. The highest BCUT2D eigenvalue weighted by Crippen LogP contribution is 2.20. The highest BCUT2D eigenvalue weighted by atomic mass is 19.1. The van der Waals surface area contributed by atoms with Crippen LogP contribution in [-0.2, 0) is 4.74 Å². The maximum Gasteiger partial charge on any atom is 0.130 e. The molecule has 1 aromatic rings. The Balaban J connectivity index is 1.97. The summed E-state index contributed by atoms with van der Waals surface area (Å²) < 4.78 is 31.6. The summed E-state index contributed by atoms with van der Waals surface area (Å²) in [6, 6.07) is 3.08. The lowest BCUT2D eigenvalue weighted by Crippen LogP contribution is -2.32. The highest BCUT2D eigenvalue weighted by molar-refractivity contribution is 5.22. The van der Waals surface area contributed by atoms with Gasteiger partial charge in [-0.3, -0.25) is 4.90 Å². The fourth-order valence-electron chi connectivity index (χ4n) is 2.33. The van der Waals surface area contributed by atoms with Gasteiger partial charge in [0.1, 0.15) is 11.6 Å². The molecule has 0 radical (unpaired) electrons. The van der Waals surface area contributed by atoms with Crippen LogP contribution in [0.15, 0.2) is 18.2 Å². The van der Waals surface area contributed by atoms with Crippen molar-refractivity contribution in [3.05, 3.63) is 35.4 Å². The monoisotopic (exact) mass is 256 g/mol. The molecule has 2 rings (SSSR count). The van der Waals surface area contributed by atoms with Crippen molar-refractivity contribution in [2.45, 2.75) is 18.6 Å². The van der Waals surface area contributed by atoms with Crippen molar-refractivity contribution >= 4 is 0 Å². The second-order valence-corrected chi connectivity index (χ2v) is 4.68. The molecule has 18 heavy (non-hydrogen) atoms. The number of rotatable bonds is 4. The maximum absolute atomic E-state index is 13.6. The second kappa shape index (κ2) is 5.73. The predicted molar refractivity (Wildman–Crippen MR) is 65.1 cm³/mol. The minimum Gasteiger partial charge on any atom is -0.380 e. The number of likely N-dealkylation sites (tertiary alicyclic amines) is 1. The number of hydrogen-bond donors (Lipinski definition) is 1. The number of halogens is 2. The van der Waals surface area contributed by atoms with Gasteiger partial charge < -0.3 is 10.5 Å². The largest absolute Gasteiger partial charge is 0.380 e. The number of benzene rings is 1. The zero-order valence-corrected chi connectivity index (χ0v) is 10.4. The molecule has 1 aliphatic rings. The molecule has 1 fully saturated rings. The van der Waals surface area contributed by atoms with Crippen LogP contribution in [0.3, 0.4) is 0 Å². The third-order valence-electron chi connectivity index (χ3n) is 3.38. The lowest BCUT2D eigenvalue weighted by molar-refractivity contribution is 0.107. The van der Waals surface area contributed by atoms with Crippen molar-refractivity contribution in [1.29, 1.82) is 0 Å². The zero-order chi connectivity index (χ0) is 13.1. The lowest BCUT2D eigenvalue weighted by Gasteiger charge is -2.21. The Kier molecular flexibility index (Phi) is 4.27. The van der Waals surface area contributed by atoms with Gasteiger partial charge in [-0.15, -0.1) is 0 Å². The summed E-state index contributed by atoms with van der Waals surface area (Å²) >= 11 is 0. The molecule has 0 spiro atoms. The molecular weight excluding hydrogens is 238 g/mol. The van der Waals surface area contributed by atoms with Crippen LogP contribution in [0, 0.1) is 11.6 Å². The van der Waals surface area contributed by atoms with Gasteiger partial charge >= 0.3 is 0 Å². The highest BCUT2D eigenvalue weighted by Gasteiger charge is 2.24. The van der Waals surface area contributed by atoms with Gasteiger partial charge in [0.15, 0.2) is 0 Å². The summed E-state index contributed by atoms with van der Waals surface area (Å²) in [6.45, 7) is 2.27. The van der Waals surface area contributed by atoms with Crippen molar-refractivity contribution in [2.24, 2.45) is 5.73 Å². The molecule has 2 unspecified atom stereocenters. The van der Waals surface area contributed by atoms with Gasteiger partial charge in [-0.1, -0.05) is 6.07 Å². The molecule has 2 N–H and O–H groups in total. The molecule has 0 bridgehead atoms. The first-order chi connectivity index (χ1) is 8.60. The molecule has 3 nitrogen and oxygen atoms in total. The van der Waals surface area contributed by atoms with E-state index < -0.39 is 17.7 Å². The Labute approximate surface area is 106 Å². The van der Waals surface area contributed by atoms with Crippen molar-refractivity contribution < 1.29 is 13.5 Å². The summed E-state index contributed by atoms with van der Waals surface area (Å²) in [4.78, 5) is 2.14. The average molecular weight is 256 g/mol. The molecule has 100 valence electrons. The van der Waals surface area contributed by atoms with Crippen LogP contribution in [0.5, 0.6) is 0 Å². The minimum atomic E-state index is -0.580. The minimum absolute atomic E-state index is 0.232. The van der Waals surface area contributed by atoms with Gasteiger partial charge in [0, 0.05) is 44.4 Å². The number of ether oxygens (including phenoxy) is 1. The lowest BCUT2D eigenvalue weighted by atomic mass is 10.1. The molecule has 0 aromatic heterocycles. The average Bonchev–Trinajstić information content (AvgIpc) is 2.76. The van der Waals surface area contributed by atoms with Crippen LogP contribution >= 0.6 is 0 Å². The fourth-order valence-corrected chi connectivity index (χ4v) is 2.33. The second-order valence-electron chi connectivity index (χ2n) is 4.68. The Morgan fingerprint density at radius 2 is 2.28 bits per heavy atom. The van der Waals surface area contributed by atoms with Crippen LogP contribution in [-0.4, -0.2) is 37.7 Å². The summed E-state index contributed by atoms with van der Waals surface area (Å²) in [5.74, 6) is -1.16. The SMILES string of the molecule is COC1CCN(CC(N)c2ccc(F)cc2F)C1. The molecule has 0 amide bonds. The number of nitrogens with zero attached hydrogens (tertiary/aromatic N) is 1. The third kappa shape index (κ3) is 3.04. The van der Waals surface area contributed by atoms with Gasteiger partial charge in [0.25, 0.3) is 0 Å². The van der Waals surface area contributed by atoms with Crippen molar-refractivity contribution in [2.75, 3.05) is 26.7 Å². The van der Waals surface area contributed by atoms with Crippen molar-refractivity contribution in [1.82, 2.24) is 4.90 Å². The molecule has 5 heteroatoms. The number of hydrogen-bond acceptors (Lipinski definition) is 3. The zero-order valence-electron chi connectivity index (χ0n) is 10.4. The summed E-state index contributed by atoms with van der Waals surface area (Å²) in [5, 5.41) is 0. The van der Waals surface area contributed by atoms with E-state index in [1.807, 2.05) is 0 Å². The summed E-state index contributed by atoms with van der Waals surface area (Å²) in [6.07, 6.45) is 1.20. The van der Waals surface area contributed by atoms with Gasteiger partial charge in [-0.05, 0) is 12.5 Å². The fraction of sp³-hybridized carbons (Fsp3) is 0.538. The Morgan fingerprint density at radius 1 is 1.50 bits per heavy atom. The quantitative estimate of drug-likeness (QED) is 0.891. The first kappa shape index (κ1) is 13.4. The Bertz CT molecular complexity index is 414. The van der Waals surface area contributed by atoms with Crippen LogP contribution in [0.1, 0.15) is 18.0 Å². The van der Waals surface area contributed by atoms with Crippen LogP contribution in [0.25, 0.3) is 0 Å². The smallest absolute Gasteiger partial charge is 0.130 e. The summed E-state index contributed by atoms with van der Waals surface area (Å²) in [5.41, 5.74) is 6.33. The van der Waals surface area contributed by atoms with Gasteiger partial charge in [-0.25, -0.2) is 8.78 Å². The van der Waals surface area contributed by atoms with Gasteiger partial charge in [0.05, 0.1) is 6.10 Å². The Morgan fingerprint density at radius 3 is 2.89 bits per heavy atom. The molecule has 0 aliphatic carbocycles. The molecule has 1 heterocycles. The predicted octanol–water partition coefficient (Wildman–Crippen LogP) is 1.69. The van der Waals surface area contributed by atoms with E-state index in [1.54, 1.807) is 7.11 Å². The number of methoxy groups -OCH3 is 1. The van der Waals surface area contributed by atoms with Crippen LogP contribution < -0.4 is 5.73 Å². The van der Waals surface area contributed by atoms with E-state index in [2.05, 4.69) is 4.90 Å². The summed E-state index contributed by atoms with van der Waals surface area (Å²) in [7, 11) is 1.69. The van der Waals surface area contributed by atoms with E-state index in [0.717, 1.165) is 25.6 Å².